The molecule has 1 aliphatic carbocycles. The van der Waals surface area contributed by atoms with Gasteiger partial charge in [0.05, 0.1) is 6.07 Å². The van der Waals surface area contributed by atoms with Gasteiger partial charge >= 0.3 is 12.1 Å². The van der Waals surface area contributed by atoms with Crippen LogP contribution in [0.25, 0.3) is 0 Å². The Hall–Kier alpha value is -1.77. The summed E-state index contributed by atoms with van der Waals surface area (Å²) in [6.07, 6.45) is 3.18. The molecule has 2 N–H and O–H groups in total. The molecule has 6 nitrogen and oxygen atoms in total. The largest absolute Gasteiger partial charge is 0.480 e. The number of ether oxygens (including phenoxy) is 1. The Labute approximate surface area is 125 Å². The van der Waals surface area contributed by atoms with Crippen LogP contribution in [-0.2, 0) is 9.53 Å². The molecule has 0 heterocycles. The molecule has 0 spiro atoms. The first-order valence-corrected chi connectivity index (χ1v) is 7.35. The highest BCUT2D eigenvalue weighted by Gasteiger charge is 2.32. The Bertz CT molecular complexity index is 422. The lowest BCUT2D eigenvalue weighted by atomic mass is 9.77. The third kappa shape index (κ3) is 6.03. The van der Waals surface area contributed by atoms with Crippen LogP contribution in [0.15, 0.2) is 0 Å². The van der Waals surface area contributed by atoms with Crippen LogP contribution in [0, 0.1) is 23.2 Å². The van der Waals surface area contributed by atoms with E-state index in [0.29, 0.717) is 0 Å². The molecule has 3 unspecified atom stereocenters. The number of aliphatic carboxylic acids is 1. The number of carbonyl (C=O) groups is 2. The summed E-state index contributed by atoms with van der Waals surface area (Å²) in [5.41, 5.74) is -0.673. The first-order chi connectivity index (χ1) is 9.73. The topological polar surface area (TPSA) is 99.4 Å². The van der Waals surface area contributed by atoms with Crippen molar-refractivity contribution in [1.82, 2.24) is 5.32 Å². The smallest absolute Gasteiger partial charge is 0.408 e. The monoisotopic (exact) mass is 296 g/mol. The van der Waals surface area contributed by atoms with Crippen molar-refractivity contribution in [3.05, 3.63) is 0 Å². The lowest BCUT2D eigenvalue weighted by Crippen LogP contribution is -2.45. The van der Waals surface area contributed by atoms with Crippen molar-refractivity contribution in [2.75, 3.05) is 0 Å². The maximum atomic E-state index is 11.7. The molecule has 21 heavy (non-hydrogen) atoms. The highest BCUT2D eigenvalue weighted by molar-refractivity contribution is 5.80. The molecule has 0 bridgehead atoms. The Kier molecular flexibility index (Phi) is 6.01. The van der Waals surface area contributed by atoms with Crippen LogP contribution in [0.5, 0.6) is 0 Å². The number of hydrogen-bond donors (Lipinski definition) is 2. The molecular weight excluding hydrogens is 272 g/mol. The molecule has 0 radical (unpaired) electrons. The minimum atomic E-state index is -1.09. The standard InChI is InChI=1S/C15H24N2O4/c1-15(2,3)21-14(20)17-12(13(18)19)8-10-6-4-5-7-11(10)9-16/h10-12H,4-8H2,1-3H3,(H,17,20)(H,18,19). The predicted octanol–water partition coefficient (Wildman–Crippen LogP) is 2.68. The van der Waals surface area contributed by atoms with E-state index in [4.69, 9.17) is 10.00 Å². The van der Waals surface area contributed by atoms with E-state index in [2.05, 4.69) is 11.4 Å². The number of nitriles is 1. The van der Waals surface area contributed by atoms with E-state index in [1.807, 2.05) is 0 Å². The van der Waals surface area contributed by atoms with Gasteiger partial charge in [-0.2, -0.15) is 5.26 Å². The van der Waals surface area contributed by atoms with Crippen molar-refractivity contribution < 1.29 is 19.4 Å². The molecule has 1 amide bonds. The van der Waals surface area contributed by atoms with Crippen molar-refractivity contribution in [2.24, 2.45) is 11.8 Å². The van der Waals surface area contributed by atoms with Gasteiger partial charge in [0.1, 0.15) is 11.6 Å². The third-order valence-corrected chi connectivity index (χ3v) is 3.60. The molecular formula is C15H24N2O4. The van der Waals surface area contributed by atoms with Crippen LogP contribution in [-0.4, -0.2) is 28.8 Å². The maximum absolute atomic E-state index is 11.7. The van der Waals surface area contributed by atoms with E-state index in [1.54, 1.807) is 20.8 Å². The highest BCUT2D eigenvalue weighted by Crippen LogP contribution is 2.32. The van der Waals surface area contributed by atoms with Gasteiger partial charge in [-0.3, -0.25) is 0 Å². The van der Waals surface area contributed by atoms with Crippen LogP contribution < -0.4 is 5.32 Å². The van der Waals surface area contributed by atoms with Gasteiger partial charge in [-0.25, -0.2) is 9.59 Å². The molecule has 1 aliphatic rings. The molecule has 118 valence electrons. The van der Waals surface area contributed by atoms with Gasteiger partial charge in [-0.15, -0.1) is 0 Å². The highest BCUT2D eigenvalue weighted by atomic mass is 16.6. The molecule has 0 saturated heterocycles. The lowest BCUT2D eigenvalue weighted by molar-refractivity contribution is -0.140. The number of nitrogens with one attached hydrogen (secondary N) is 1. The fourth-order valence-electron chi connectivity index (χ4n) is 2.63. The van der Waals surface area contributed by atoms with Crippen molar-refractivity contribution >= 4 is 12.1 Å². The summed E-state index contributed by atoms with van der Waals surface area (Å²) in [7, 11) is 0. The van der Waals surface area contributed by atoms with Gasteiger partial charge < -0.3 is 15.2 Å². The number of nitrogens with zero attached hydrogens (tertiary/aromatic N) is 1. The Morgan fingerprint density at radius 1 is 1.38 bits per heavy atom. The van der Waals surface area contributed by atoms with Gasteiger partial charge in [-0.05, 0) is 46.0 Å². The van der Waals surface area contributed by atoms with Gasteiger partial charge in [0.2, 0.25) is 0 Å². The second-order valence-electron chi connectivity index (χ2n) is 6.55. The summed E-state index contributed by atoms with van der Waals surface area (Å²) in [5, 5.41) is 20.8. The number of hydrogen-bond acceptors (Lipinski definition) is 4. The number of alkyl carbamates (subject to hydrolysis) is 1. The van der Waals surface area contributed by atoms with E-state index in [9.17, 15) is 14.7 Å². The fraction of sp³-hybridized carbons (Fsp3) is 0.800. The van der Waals surface area contributed by atoms with Crippen LogP contribution in [0.1, 0.15) is 52.9 Å². The summed E-state index contributed by atoms with van der Waals surface area (Å²) >= 11 is 0. The quantitative estimate of drug-likeness (QED) is 0.830. The van der Waals surface area contributed by atoms with Gasteiger partial charge in [0.15, 0.2) is 0 Å². The minimum absolute atomic E-state index is 0.0137. The first kappa shape index (κ1) is 17.3. The SMILES string of the molecule is CC(C)(C)OC(=O)NC(CC1CCCCC1C#N)C(=O)O. The normalized spacial score (nSPS) is 23.7. The predicted molar refractivity (Wildman–Crippen MR) is 76.5 cm³/mol. The van der Waals surface area contributed by atoms with Crippen LogP contribution >= 0.6 is 0 Å². The maximum Gasteiger partial charge on any atom is 0.408 e. The Morgan fingerprint density at radius 2 is 2.00 bits per heavy atom. The van der Waals surface area contributed by atoms with Crippen molar-refractivity contribution in [3.63, 3.8) is 0 Å². The fourth-order valence-corrected chi connectivity index (χ4v) is 2.63. The molecule has 1 rings (SSSR count). The first-order valence-electron chi connectivity index (χ1n) is 7.35. The number of carboxylic acid groups (broad SMARTS) is 1. The summed E-state index contributed by atoms with van der Waals surface area (Å²) in [5.74, 6) is -1.20. The average molecular weight is 296 g/mol. The second-order valence-corrected chi connectivity index (χ2v) is 6.55. The van der Waals surface area contributed by atoms with Crippen molar-refractivity contribution in [1.29, 1.82) is 5.26 Å². The second kappa shape index (κ2) is 7.30. The Morgan fingerprint density at radius 3 is 2.52 bits per heavy atom. The van der Waals surface area contributed by atoms with E-state index in [1.165, 1.54) is 0 Å². The van der Waals surface area contributed by atoms with Gasteiger partial charge in [0.25, 0.3) is 0 Å². The van der Waals surface area contributed by atoms with E-state index >= 15 is 0 Å². The molecule has 0 aromatic heterocycles. The molecule has 1 fully saturated rings. The van der Waals surface area contributed by atoms with E-state index in [0.717, 1.165) is 25.7 Å². The molecule has 6 heteroatoms. The van der Waals surface area contributed by atoms with Crippen LogP contribution in [0.2, 0.25) is 0 Å². The molecule has 3 atom stereocenters. The lowest BCUT2D eigenvalue weighted by Gasteiger charge is -2.29. The zero-order chi connectivity index (χ0) is 16.0. The molecule has 1 saturated carbocycles. The molecule has 0 aliphatic heterocycles. The number of carboxylic acids is 1. The van der Waals surface area contributed by atoms with E-state index in [-0.39, 0.29) is 18.3 Å². The molecule has 0 aromatic carbocycles. The van der Waals surface area contributed by atoms with Crippen LogP contribution in [0.3, 0.4) is 0 Å². The number of carbonyl (C=O) groups excluding carboxylic acids is 1. The minimum Gasteiger partial charge on any atom is -0.480 e. The average Bonchev–Trinajstić information content (AvgIpc) is 2.36. The summed E-state index contributed by atoms with van der Waals surface area (Å²) in [4.78, 5) is 23.0. The van der Waals surface area contributed by atoms with Crippen molar-refractivity contribution in [2.45, 2.75) is 64.5 Å². The summed E-state index contributed by atoms with van der Waals surface area (Å²) in [6, 6.07) is 1.24. The van der Waals surface area contributed by atoms with Crippen molar-refractivity contribution in [3.8, 4) is 6.07 Å². The van der Waals surface area contributed by atoms with Crippen LogP contribution in [0.4, 0.5) is 4.79 Å². The Balaban J connectivity index is 2.63. The zero-order valence-corrected chi connectivity index (χ0v) is 12.9. The third-order valence-electron chi connectivity index (χ3n) is 3.60. The summed E-state index contributed by atoms with van der Waals surface area (Å²) < 4.78 is 5.08. The number of rotatable bonds is 4. The van der Waals surface area contributed by atoms with Gasteiger partial charge in [0, 0.05) is 5.92 Å². The summed E-state index contributed by atoms with van der Waals surface area (Å²) in [6.45, 7) is 5.15. The number of amides is 1. The van der Waals surface area contributed by atoms with E-state index < -0.39 is 23.7 Å². The van der Waals surface area contributed by atoms with Gasteiger partial charge in [-0.1, -0.05) is 12.8 Å². The zero-order valence-electron chi connectivity index (χ0n) is 12.9. The molecule has 0 aromatic rings.